The van der Waals surface area contributed by atoms with Gasteiger partial charge in [0.05, 0.1) is 11.9 Å². The van der Waals surface area contributed by atoms with Crippen molar-refractivity contribution in [3.8, 4) is 11.3 Å². The maximum absolute atomic E-state index is 13.6. The molecule has 1 saturated heterocycles. The van der Waals surface area contributed by atoms with E-state index in [0.717, 1.165) is 28.9 Å². The number of rotatable bonds is 2. The summed E-state index contributed by atoms with van der Waals surface area (Å²) in [6, 6.07) is 6.42. The second-order valence-electron chi connectivity index (χ2n) is 6.49. The topological polar surface area (TPSA) is 55.2 Å². The Hall–Kier alpha value is -1.73. The van der Waals surface area contributed by atoms with E-state index in [2.05, 4.69) is 5.10 Å². The van der Waals surface area contributed by atoms with E-state index < -0.39 is 10.0 Å². The van der Waals surface area contributed by atoms with Crippen LogP contribution in [0.1, 0.15) is 17.2 Å². The summed E-state index contributed by atoms with van der Waals surface area (Å²) in [5, 5.41) is 4.57. The monoisotopic (exact) mass is 335 g/mol. The lowest BCUT2D eigenvalue weighted by Gasteiger charge is -2.13. The van der Waals surface area contributed by atoms with Crippen LogP contribution in [-0.4, -0.2) is 41.8 Å². The smallest absolute Gasteiger partial charge is 0.211 e. The number of hydrogen-bond acceptors (Lipinski definition) is 3. The molecule has 1 aliphatic heterocycles. The van der Waals surface area contributed by atoms with Crippen molar-refractivity contribution < 1.29 is 12.8 Å². The number of aryl methyl sites for hydroxylation is 1. The molecule has 2 atom stereocenters. The van der Waals surface area contributed by atoms with Gasteiger partial charge in [0, 0.05) is 42.9 Å². The zero-order valence-corrected chi connectivity index (χ0v) is 13.8. The van der Waals surface area contributed by atoms with E-state index in [4.69, 9.17) is 0 Å². The minimum Gasteiger partial charge on any atom is -0.272 e. The minimum absolute atomic E-state index is 0.145. The lowest BCUT2D eigenvalue weighted by molar-refractivity contribution is 0.458. The predicted molar refractivity (Wildman–Crippen MR) is 85.0 cm³/mol. The second kappa shape index (κ2) is 4.88. The fourth-order valence-corrected chi connectivity index (χ4v) is 4.83. The SMILES string of the molecule is Cn1nc(-c2cccc(F)c2)c2c1C[C@@H]1CN(S(C)(=O)=O)C[C@H]21. The number of aromatic nitrogens is 2. The standard InChI is InChI=1S/C16H18FN3O2S/c1-19-14-7-11-8-20(23(2,21)22)9-13(11)15(14)16(18-19)10-4-3-5-12(17)6-10/h3-6,11,13H,7-9H2,1-2H3/t11-,13+/m1/s1. The maximum atomic E-state index is 13.6. The first-order valence-corrected chi connectivity index (χ1v) is 9.46. The lowest BCUT2D eigenvalue weighted by Crippen LogP contribution is -2.28. The molecule has 0 amide bonds. The van der Waals surface area contributed by atoms with E-state index in [-0.39, 0.29) is 17.7 Å². The highest BCUT2D eigenvalue weighted by molar-refractivity contribution is 7.88. The van der Waals surface area contributed by atoms with Crippen LogP contribution < -0.4 is 0 Å². The van der Waals surface area contributed by atoms with Crippen molar-refractivity contribution >= 4 is 10.0 Å². The van der Waals surface area contributed by atoms with Crippen molar-refractivity contribution in [2.45, 2.75) is 12.3 Å². The van der Waals surface area contributed by atoms with Crippen LogP contribution in [0, 0.1) is 11.7 Å². The van der Waals surface area contributed by atoms with Crippen LogP contribution in [0.25, 0.3) is 11.3 Å². The van der Waals surface area contributed by atoms with Crippen molar-refractivity contribution in [3.05, 3.63) is 41.3 Å². The number of halogens is 1. The first kappa shape index (κ1) is 14.8. The fraction of sp³-hybridized carbons (Fsp3) is 0.438. The highest BCUT2D eigenvalue weighted by Gasteiger charge is 2.46. The molecular weight excluding hydrogens is 317 g/mol. The number of nitrogens with zero attached hydrogens (tertiary/aromatic N) is 3. The first-order valence-electron chi connectivity index (χ1n) is 7.61. The molecule has 1 fully saturated rings. The van der Waals surface area contributed by atoms with E-state index in [1.807, 2.05) is 17.8 Å². The van der Waals surface area contributed by atoms with Gasteiger partial charge in [-0.05, 0) is 24.5 Å². The predicted octanol–water partition coefficient (Wildman–Crippen LogP) is 1.76. The molecule has 2 aliphatic rings. The quantitative estimate of drug-likeness (QED) is 0.840. The van der Waals surface area contributed by atoms with Crippen LogP contribution in [0.5, 0.6) is 0 Å². The van der Waals surface area contributed by atoms with Gasteiger partial charge in [0.1, 0.15) is 5.82 Å². The summed E-state index contributed by atoms with van der Waals surface area (Å²) in [7, 11) is -1.28. The summed E-state index contributed by atoms with van der Waals surface area (Å²) in [6.07, 6.45) is 2.08. The average molecular weight is 335 g/mol. The number of fused-ring (bicyclic) bond motifs is 3. The zero-order chi connectivity index (χ0) is 16.4. The first-order chi connectivity index (χ1) is 10.8. The largest absolute Gasteiger partial charge is 0.272 e. The summed E-state index contributed by atoms with van der Waals surface area (Å²) in [6.45, 7) is 1.05. The van der Waals surface area contributed by atoms with E-state index >= 15 is 0 Å². The summed E-state index contributed by atoms with van der Waals surface area (Å²) in [5.41, 5.74) is 3.77. The van der Waals surface area contributed by atoms with Gasteiger partial charge < -0.3 is 0 Å². The molecule has 23 heavy (non-hydrogen) atoms. The van der Waals surface area contributed by atoms with E-state index in [1.165, 1.54) is 18.4 Å². The van der Waals surface area contributed by atoms with Crippen molar-refractivity contribution in [1.82, 2.24) is 14.1 Å². The molecule has 5 nitrogen and oxygen atoms in total. The van der Waals surface area contributed by atoms with Gasteiger partial charge >= 0.3 is 0 Å². The van der Waals surface area contributed by atoms with Gasteiger partial charge in [-0.3, -0.25) is 4.68 Å². The van der Waals surface area contributed by atoms with Crippen molar-refractivity contribution in [1.29, 1.82) is 0 Å². The van der Waals surface area contributed by atoms with Crippen molar-refractivity contribution in [2.75, 3.05) is 19.3 Å². The molecule has 0 bridgehead atoms. The maximum Gasteiger partial charge on any atom is 0.211 e. The molecule has 0 spiro atoms. The third-order valence-electron chi connectivity index (χ3n) is 5.01. The van der Waals surface area contributed by atoms with Gasteiger partial charge in [0.15, 0.2) is 0 Å². The summed E-state index contributed by atoms with van der Waals surface area (Å²) >= 11 is 0. The van der Waals surface area contributed by atoms with Crippen LogP contribution in [0.2, 0.25) is 0 Å². The number of benzene rings is 1. The molecule has 2 aromatic rings. The van der Waals surface area contributed by atoms with E-state index in [0.29, 0.717) is 13.1 Å². The van der Waals surface area contributed by atoms with Crippen molar-refractivity contribution in [2.24, 2.45) is 13.0 Å². The average Bonchev–Trinajstić information content (AvgIpc) is 3.09. The highest BCUT2D eigenvalue weighted by atomic mass is 32.2. The van der Waals surface area contributed by atoms with Gasteiger partial charge in [-0.15, -0.1) is 0 Å². The highest BCUT2D eigenvalue weighted by Crippen LogP contribution is 2.47. The van der Waals surface area contributed by atoms with Gasteiger partial charge in [-0.2, -0.15) is 5.10 Å². The minimum atomic E-state index is -3.18. The van der Waals surface area contributed by atoms with Crippen molar-refractivity contribution in [3.63, 3.8) is 0 Å². The van der Waals surface area contributed by atoms with Crippen LogP contribution >= 0.6 is 0 Å². The summed E-state index contributed by atoms with van der Waals surface area (Å²) in [5.74, 6) is 0.142. The normalized spacial score (nSPS) is 24.0. The molecule has 1 aliphatic carbocycles. The third kappa shape index (κ3) is 2.30. The molecule has 2 heterocycles. The third-order valence-corrected chi connectivity index (χ3v) is 6.24. The lowest BCUT2D eigenvalue weighted by atomic mass is 9.94. The Labute approximate surface area is 134 Å². The molecule has 122 valence electrons. The molecular formula is C16H18FN3O2S. The molecule has 0 saturated carbocycles. The Morgan fingerprint density at radius 2 is 2.09 bits per heavy atom. The molecule has 1 aromatic carbocycles. The molecule has 0 radical (unpaired) electrons. The van der Waals surface area contributed by atoms with Gasteiger partial charge in [0.2, 0.25) is 10.0 Å². The molecule has 0 unspecified atom stereocenters. The van der Waals surface area contributed by atoms with E-state index in [9.17, 15) is 12.8 Å². The van der Waals surface area contributed by atoms with Crippen LogP contribution in [0.3, 0.4) is 0 Å². The zero-order valence-electron chi connectivity index (χ0n) is 13.0. The molecule has 7 heteroatoms. The molecule has 1 aromatic heterocycles. The number of sulfonamides is 1. The Balaban J connectivity index is 1.79. The summed E-state index contributed by atoms with van der Waals surface area (Å²) < 4.78 is 40.7. The Morgan fingerprint density at radius 1 is 1.30 bits per heavy atom. The van der Waals surface area contributed by atoms with Gasteiger partial charge in [-0.25, -0.2) is 17.1 Å². The van der Waals surface area contributed by atoms with Crippen LogP contribution in [0.15, 0.2) is 24.3 Å². The number of hydrogen-bond donors (Lipinski definition) is 0. The summed E-state index contributed by atoms with van der Waals surface area (Å²) in [4.78, 5) is 0. The van der Waals surface area contributed by atoms with Crippen LogP contribution in [0.4, 0.5) is 4.39 Å². The van der Waals surface area contributed by atoms with Crippen LogP contribution in [-0.2, 0) is 23.5 Å². The molecule has 0 N–H and O–H groups in total. The fourth-order valence-electron chi connectivity index (χ4n) is 3.94. The Bertz CT molecular complexity index is 891. The van der Waals surface area contributed by atoms with E-state index in [1.54, 1.807) is 10.4 Å². The molecule has 4 rings (SSSR count). The second-order valence-corrected chi connectivity index (χ2v) is 8.48. The Morgan fingerprint density at radius 3 is 2.78 bits per heavy atom. The Kier molecular flexibility index (Phi) is 3.15. The van der Waals surface area contributed by atoms with Gasteiger partial charge in [0.25, 0.3) is 0 Å². The van der Waals surface area contributed by atoms with Gasteiger partial charge in [-0.1, -0.05) is 12.1 Å².